The van der Waals surface area contributed by atoms with Crippen molar-refractivity contribution in [1.82, 2.24) is 0 Å². The van der Waals surface area contributed by atoms with E-state index in [2.05, 4.69) is 0 Å². The SMILES string of the molecule is O.O.O.O.O.O.O.O.O.O.O.[Na+].[Na+].[Na+].[Na+].[Na+].[Na+].[Na+].[Na+].[Na+].[Na+].[Na+].[Na+].[O-]B([O-])[O-].[O-]B([O-])[O-].[O-]B([O-])[O-].[O-]B([O-])[O-]. The number of hydrogen-bond donors (Lipinski definition) is 0. The van der Waals surface area contributed by atoms with Crippen molar-refractivity contribution in [3.8, 4) is 0 Å². The van der Waals surface area contributed by atoms with Gasteiger partial charge in [0.25, 0.3) is 0 Å². The van der Waals surface area contributed by atoms with E-state index >= 15 is 0 Å². The van der Waals surface area contributed by atoms with Crippen LogP contribution in [-0.4, -0.2) is 89.5 Å². The smallest absolute Gasteiger partial charge is 0.907 e. The van der Waals surface area contributed by atoms with Gasteiger partial charge in [0.05, 0.1) is 0 Å². The minimum atomic E-state index is -2.92. The molecule has 0 aromatic heterocycles. The summed E-state index contributed by atoms with van der Waals surface area (Å²) in [5.74, 6) is 0. The molecule has 0 aliphatic heterocycles. The fraction of sp³-hybridized carbons (Fsp3) is 0. The molecule has 0 saturated carbocycles. The van der Waals surface area contributed by atoms with Gasteiger partial charge in [-0.25, -0.2) is 0 Å². The summed E-state index contributed by atoms with van der Waals surface area (Å²) in [7, 11) is -11.7. The van der Waals surface area contributed by atoms with Crippen molar-refractivity contribution in [3.63, 3.8) is 0 Å². The van der Waals surface area contributed by atoms with E-state index in [0.29, 0.717) is 0 Å². The van der Waals surface area contributed by atoms with Crippen molar-refractivity contribution in [2.45, 2.75) is 0 Å². The van der Waals surface area contributed by atoms with Crippen molar-refractivity contribution in [3.05, 3.63) is 0 Å². The zero-order chi connectivity index (χ0) is 14.3. The Bertz CT molecular complexity index is 94.1. The van der Waals surface area contributed by atoms with Gasteiger partial charge in [-0.3, -0.25) is 29.3 Å². The average Bonchev–Trinajstić information content (AvgIpc) is 1.76. The largest absolute Gasteiger partial charge is 1.00 e. The van der Waals surface area contributed by atoms with Crippen LogP contribution in [0, 0.1) is 0 Å². The van der Waals surface area contributed by atoms with Gasteiger partial charge in [0.15, 0.2) is 0 Å². The zero-order valence-corrected chi connectivity index (χ0v) is 48.7. The van der Waals surface area contributed by atoms with Gasteiger partial charge in [0.2, 0.25) is 0 Å². The van der Waals surface area contributed by atoms with Crippen molar-refractivity contribution in [2.75, 3.05) is 0 Å². The summed E-state index contributed by atoms with van der Waals surface area (Å²) >= 11 is 0. The Balaban J connectivity index is -0.00000000165. The van der Waals surface area contributed by atoms with Crippen LogP contribution in [0.3, 0.4) is 0 Å². The molecule has 39 heavy (non-hydrogen) atoms. The van der Waals surface area contributed by atoms with E-state index in [1.54, 1.807) is 0 Å². The first-order valence-electron chi connectivity index (χ1n) is 2.83. The second-order valence-corrected chi connectivity index (χ2v) is 1.15. The monoisotopic (exact) mass is 710 g/mol. The fourth-order valence-corrected chi connectivity index (χ4v) is 0. The summed E-state index contributed by atoms with van der Waals surface area (Å²) in [6.07, 6.45) is 0. The molecule has 0 aliphatic carbocycles. The Hall–Kier alpha value is 11.3. The van der Waals surface area contributed by atoms with Gasteiger partial charge < -0.3 is 121 Å². The van der Waals surface area contributed by atoms with E-state index in [9.17, 15) is 0 Å². The van der Waals surface area contributed by atoms with E-state index in [1.165, 1.54) is 0 Å². The van der Waals surface area contributed by atoms with E-state index < -0.39 is 29.3 Å². The topological polar surface area (TPSA) is 623 Å². The van der Waals surface area contributed by atoms with Crippen LogP contribution in [0.2, 0.25) is 0 Å². The van der Waals surface area contributed by atoms with Crippen molar-refractivity contribution < 1.29 is 475 Å². The molecule has 0 radical (unpaired) electrons. The Labute approximate surface area is 492 Å². The van der Waals surface area contributed by atoms with Crippen molar-refractivity contribution >= 4 is 29.3 Å². The van der Waals surface area contributed by atoms with Crippen LogP contribution in [-0.2, 0) is 0 Å². The summed E-state index contributed by atoms with van der Waals surface area (Å²) in [5.41, 5.74) is 0. The van der Waals surface area contributed by atoms with Crippen LogP contribution in [0.1, 0.15) is 0 Å². The average molecular weight is 709 g/mol. The molecule has 0 aromatic rings. The van der Waals surface area contributed by atoms with Gasteiger partial charge in [-0.05, 0) is 0 Å². The van der Waals surface area contributed by atoms with Gasteiger partial charge >= 0.3 is 355 Å². The minimum Gasteiger partial charge on any atom is -0.907 e. The summed E-state index contributed by atoms with van der Waals surface area (Å²) < 4.78 is 0. The van der Waals surface area contributed by atoms with Crippen LogP contribution in [0.15, 0.2) is 0 Å². The molecule has 0 saturated heterocycles. The molecular weight excluding hydrogens is 687 g/mol. The normalized spacial score (nSPS) is 2.77. The predicted molar refractivity (Wildman–Crippen MR) is 62.8 cm³/mol. The first kappa shape index (κ1) is 225. The van der Waals surface area contributed by atoms with Crippen LogP contribution in [0.5, 0.6) is 0 Å². The molecule has 0 fully saturated rings. The minimum absolute atomic E-state index is 0. The van der Waals surface area contributed by atoms with Crippen LogP contribution in [0.4, 0.5) is 0 Å². The molecule has 0 bridgehead atoms. The quantitative estimate of drug-likeness (QED) is 0.212. The summed E-state index contributed by atoms with van der Waals surface area (Å²) in [6, 6.07) is 0. The second-order valence-electron chi connectivity index (χ2n) is 1.15. The maximum Gasteiger partial charge on any atom is 1.00 e. The summed E-state index contributed by atoms with van der Waals surface area (Å²) in [4.78, 5) is 0. The van der Waals surface area contributed by atoms with Gasteiger partial charge in [0, 0.05) is 0 Å². The van der Waals surface area contributed by atoms with Gasteiger partial charge in [-0.1, -0.05) is 0 Å². The zero-order valence-electron chi connectivity index (χ0n) is 24.7. The first-order valence-corrected chi connectivity index (χ1v) is 2.83. The predicted octanol–water partition coefficient (Wildman–Crippen LogP) is -60.8. The Kier molecular flexibility index (Phi) is 1220. The maximum atomic E-state index is 8.42. The molecule has 184 valence electrons. The molecule has 22 N–H and O–H groups in total. The van der Waals surface area contributed by atoms with Gasteiger partial charge in [-0.2, -0.15) is 0 Å². The molecule has 0 spiro atoms. The molecule has 0 unspecified atom stereocenters. The molecular formula is H22B4Na12O23. The molecule has 0 aliphatic rings. The summed E-state index contributed by atoms with van der Waals surface area (Å²) in [5, 5.41) is 101. The third-order valence-electron chi connectivity index (χ3n) is 0. The van der Waals surface area contributed by atoms with E-state index in [-0.39, 0.29) is 415 Å². The third kappa shape index (κ3) is 860. The van der Waals surface area contributed by atoms with Crippen LogP contribution >= 0.6 is 0 Å². The molecule has 23 nitrogen and oxygen atoms in total. The number of hydrogen-bond acceptors (Lipinski definition) is 12. The molecule has 0 heterocycles. The van der Waals surface area contributed by atoms with Gasteiger partial charge in [0.1, 0.15) is 0 Å². The Morgan fingerprint density at radius 2 is 0.154 bits per heavy atom. The molecule has 0 amide bonds. The van der Waals surface area contributed by atoms with E-state index in [4.69, 9.17) is 60.3 Å². The first-order chi connectivity index (χ1) is 6.93. The van der Waals surface area contributed by atoms with Crippen LogP contribution in [0.25, 0.3) is 0 Å². The number of rotatable bonds is 0. The molecule has 0 atom stereocenters. The van der Waals surface area contributed by atoms with E-state index in [0.717, 1.165) is 0 Å². The third-order valence-corrected chi connectivity index (χ3v) is 0. The molecule has 0 rings (SSSR count). The standard InChI is InChI=1S/4BO3.12Na.11H2O/c4*2-1(3)4;;;;;;;;;;;;;;;;;;;;;;;/h;;;;;;;;;;;;;;;;11*1H2/q4*-3;12*+1;;;;;;;;;;;. The molecule has 39 heteroatoms. The Morgan fingerprint density at radius 1 is 0.154 bits per heavy atom. The van der Waals surface area contributed by atoms with Crippen molar-refractivity contribution in [1.29, 1.82) is 0 Å². The summed E-state index contributed by atoms with van der Waals surface area (Å²) in [6.45, 7) is 0. The van der Waals surface area contributed by atoms with Gasteiger partial charge in [-0.15, -0.1) is 0 Å². The van der Waals surface area contributed by atoms with E-state index in [1.807, 2.05) is 0 Å². The Morgan fingerprint density at radius 3 is 0.154 bits per heavy atom. The molecule has 0 aromatic carbocycles. The second kappa shape index (κ2) is 212. The van der Waals surface area contributed by atoms with Crippen LogP contribution < -0.4 is 415 Å². The van der Waals surface area contributed by atoms with Crippen molar-refractivity contribution in [2.24, 2.45) is 0 Å². The fourth-order valence-electron chi connectivity index (χ4n) is 0. The maximum absolute atomic E-state index is 8.42.